The van der Waals surface area contributed by atoms with Crippen molar-refractivity contribution in [2.45, 2.75) is 19.3 Å². The number of piperidine rings is 1. The van der Waals surface area contributed by atoms with Crippen molar-refractivity contribution >= 4 is 5.91 Å². The Balaban J connectivity index is 2.00. The van der Waals surface area contributed by atoms with E-state index in [4.69, 9.17) is 5.73 Å². The lowest BCUT2D eigenvalue weighted by molar-refractivity contribution is 0.0669. The van der Waals surface area contributed by atoms with E-state index in [1.807, 2.05) is 35.2 Å². The van der Waals surface area contributed by atoms with E-state index in [0.29, 0.717) is 5.92 Å². The summed E-state index contributed by atoms with van der Waals surface area (Å²) in [6.45, 7) is 2.47. The smallest absolute Gasteiger partial charge is 0.253 e. The number of likely N-dealkylation sites (tertiary alicyclic amines) is 1. The second-order valence-electron chi connectivity index (χ2n) is 4.70. The van der Waals surface area contributed by atoms with Gasteiger partial charge in [0.15, 0.2) is 0 Å². The molecule has 0 aliphatic carbocycles. The Morgan fingerprint density at radius 1 is 1.35 bits per heavy atom. The van der Waals surface area contributed by atoms with Gasteiger partial charge in [0.25, 0.3) is 5.91 Å². The Hall–Kier alpha value is -1.35. The minimum atomic E-state index is 0.160. The molecule has 1 aliphatic heterocycles. The van der Waals surface area contributed by atoms with Gasteiger partial charge in [-0.1, -0.05) is 18.2 Å². The van der Waals surface area contributed by atoms with Crippen LogP contribution in [0.2, 0.25) is 0 Å². The molecule has 1 atom stereocenters. The summed E-state index contributed by atoms with van der Waals surface area (Å²) in [6.07, 6.45) is 3.33. The zero-order valence-corrected chi connectivity index (χ0v) is 10.1. The van der Waals surface area contributed by atoms with Crippen molar-refractivity contribution in [1.29, 1.82) is 0 Å². The Morgan fingerprint density at radius 3 is 2.82 bits per heavy atom. The lowest BCUT2D eigenvalue weighted by atomic mass is 9.94. The van der Waals surface area contributed by atoms with Crippen LogP contribution in [0.5, 0.6) is 0 Å². The minimum Gasteiger partial charge on any atom is -0.338 e. The maximum absolute atomic E-state index is 12.2. The first kappa shape index (κ1) is 12.1. The first-order chi connectivity index (χ1) is 8.31. The standard InChI is InChI=1S/C14H20N2O/c15-9-8-12-5-4-10-16(11-12)14(17)13-6-2-1-3-7-13/h1-3,6-7,12H,4-5,8-11,15H2. The van der Waals surface area contributed by atoms with E-state index in [2.05, 4.69) is 0 Å². The summed E-state index contributed by atoms with van der Waals surface area (Å²) in [4.78, 5) is 14.2. The van der Waals surface area contributed by atoms with E-state index < -0.39 is 0 Å². The molecule has 1 unspecified atom stereocenters. The molecule has 1 fully saturated rings. The van der Waals surface area contributed by atoms with E-state index in [1.165, 1.54) is 6.42 Å². The Morgan fingerprint density at radius 2 is 2.12 bits per heavy atom. The molecule has 1 aromatic rings. The number of amides is 1. The lowest BCUT2D eigenvalue weighted by Crippen LogP contribution is -2.40. The van der Waals surface area contributed by atoms with Crippen molar-refractivity contribution in [2.75, 3.05) is 19.6 Å². The molecule has 1 aromatic carbocycles. The van der Waals surface area contributed by atoms with Crippen molar-refractivity contribution < 1.29 is 4.79 Å². The van der Waals surface area contributed by atoms with Crippen LogP contribution in [-0.2, 0) is 0 Å². The number of benzene rings is 1. The Kier molecular flexibility index (Phi) is 4.15. The highest BCUT2D eigenvalue weighted by Crippen LogP contribution is 2.20. The van der Waals surface area contributed by atoms with Gasteiger partial charge in [-0.3, -0.25) is 4.79 Å². The Labute approximate surface area is 103 Å². The number of hydrogen-bond acceptors (Lipinski definition) is 2. The van der Waals surface area contributed by atoms with Crippen molar-refractivity contribution in [3.8, 4) is 0 Å². The Bertz CT molecular complexity index is 362. The molecule has 1 heterocycles. The quantitative estimate of drug-likeness (QED) is 0.865. The number of carbonyl (C=O) groups excluding carboxylic acids is 1. The van der Waals surface area contributed by atoms with Crippen LogP contribution in [0.3, 0.4) is 0 Å². The maximum atomic E-state index is 12.2. The van der Waals surface area contributed by atoms with E-state index in [9.17, 15) is 4.79 Å². The third kappa shape index (κ3) is 3.07. The van der Waals surface area contributed by atoms with E-state index in [0.717, 1.165) is 38.0 Å². The summed E-state index contributed by atoms with van der Waals surface area (Å²) < 4.78 is 0. The number of nitrogens with two attached hydrogens (primary N) is 1. The molecule has 1 saturated heterocycles. The van der Waals surface area contributed by atoms with Gasteiger partial charge < -0.3 is 10.6 Å². The molecule has 17 heavy (non-hydrogen) atoms. The number of carbonyl (C=O) groups is 1. The molecule has 0 radical (unpaired) electrons. The average Bonchev–Trinajstić information content (AvgIpc) is 2.40. The van der Waals surface area contributed by atoms with Gasteiger partial charge in [0, 0.05) is 18.7 Å². The van der Waals surface area contributed by atoms with Crippen molar-refractivity contribution in [3.63, 3.8) is 0 Å². The van der Waals surface area contributed by atoms with Crippen LogP contribution < -0.4 is 5.73 Å². The van der Waals surface area contributed by atoms with Crippen LogP contribution >= 0.6 is 0 Å². The van der Waals surface area contributed by atoms with Gasteiger partial charge in [0.1, 0.15) is 0 Å². The highest BCUT2D eigenvalue weighted by atomic mass is 16.2. The average molecular weight is 232 g/mol. The SMILES string of the molecule is NCCC1CCCN(C(=O)c2ccccc2)C1. The van der Waals surface area contributed by atoms with E-state index >= 15 is 0 Å². The van der Waals surface area contributed by atoms with Gasteiger partial charge in [0.05, 0.1) is 0 Å². The predicted octanol–water partition coefficient (Wildman–Crippen LogP) is 1.89. The van der Waals surface area contributed by atoms with Gasteiger partial charge in [-0.2, -0.15) is 0 Å². The zero-order chi connectivity index (χ0) is 12.1. The highest BCUT2D eigenvalue weighted by Gasteiger charge is 2.23. The maximum Gasteiger partial charge on any atom is 0.253 e. The minimum absolute atomic E-state index is 0.160. The summed E-state index contributed by atoms with van der Waals surface area (Å²) in [5, 5.41) is 0. The van der Waals surface area contributed by atoms with Crippen LogP contribution in [0.1, 0.15) is 29.6 Å². The summed E-state index contributed by atoms with van der Waals surface area (Å²) >= 11 is 0. The number of rotatable bonds is 3. The zero-order valence-electron chi connectivity index (χ0n) is 10.1. The van der Waals surface area contributed by atoms with Gasteiger partial charge in [-0.15, -0.1) is 0 Å². The van der Waals surface area contributed by atoms with Crippen molar-refractivity contribution in [1.82, 2.24) is 4.90 Å². The van der Waals surface area contributed by atoms with Crippen LogP contribution in [-0.4, -0.2) is 30.4 Å². The third-order valence-electron chi connectivity index (χ3n) is 3.40. The van der Waals surface area contributed by atoms with Crippen LogP contribution in [0.15, 0.2) is 30.3 Å². The molecule has 0 spiro atoms. The fourth-order valence-electron chi connectivity index (χ4n) is 2.48. The fourth-order valence-corrected chi connectivity index (χ4v) is 2.48. The second-order valence-corrected chi connectivity index (χ2v) is 4.70. The molecule has 3 nitrogen and oxygen atoms in total. The van der Waals surface area contributed by atoms with Crippen LogP contribution in [0.4, 0.5) is 0 Å². The molecule has 0 bridgehead atoms. The summed E-state index contributed by atoms with van der Waals surface area (Å²) in [5.74, 6) is 0.744. The van der Waals surface area contributed by atoms with Gasteiger partial charge in [-0.05, 0) is 43.9 Å². The molecule has 0 saturated carbocycles. The largest absolute Gasteiger partial charge is 0.338 e. The molecule has 0 aromatic heterocycles. The van der Waals surface area contributed by atoms with Gasteiger partial charge in [-0.25, -0.2) is 0 Å². The van der Waals surface area contributed by atoms with E-state index in [-0.39, 0.29) is 5.91 Å². The molecule has 3 heteroatoms. The monoisotopic (exact) mass is 232 g/mol. The second kappa shape index (κ2) is 5.82. The van der Waals surface area contributed by atoms with Crippen molar-refractivity contribution in [2.24, 2.45) is 11.7 Å². The van der Waals surface area contributed by atoms with E-state index in [1.54, 1.807) is 0 Å². The number of nitrogens with zero attached hydrogens (tertiary/aromatic N) is 1. The summed E-state index contributed by atoms with van der Waals surface area (Å²) in [6, 6.07) is 9.52. The van der Waals surface area contributed by atoms with Gasteiger partial charge >= 0.3 is 0 Å². The summed E-state index contributed by atoms with van der Waals surface area (Å²) in [7, 11) is 0. The van der Waals surface area contributed by atoms with Crippen LogP contribution in [0.25, 0.3) is 0 Å². The predicted molar refractivity (Wildman–Crippen MR) is 68.7 cm³/mol. The number of hydrogen-bond donors (Lipinski definition) is 1. The molecular formula is C14H20N2O. The molecule has 1 amide bonds. The molecule has 1 aliphatic rings. The normalized spacial score (nSPS) is 20.3. The molecule has 92 valence electrons. The highest BCUT2D eigenvalue weighted by molar-refractivity contribution is 5.94. The van der Waals surface area contributed by atoms with Crippen molar-refractivity contribution in [3.05, 3.63) is 35.9 Å². The summed E-state index contributed by atoms with van der Waals surface area (Å²) in [5.41, 5.74) is 6.38. The first-order valence-corrected chi connectivity index (χ1v) is 6.35. The molecule has 2 N–H and O–H groups in total. The third-order valence-corrected chi connectivity index (χ3v) is 3.40. The van der Waals surface area contributed by atoms with Crippen LogP contribution in [0, 0.1) is 5.92 Å². The molecule has 2 rings (SSSR count). The fraction of sp³-hybridized carbons (Fsp3) is 0.500. The topological polar surface area (TPSA) is 46.3 Å². The lowest BCUT2D eigenvalue weighted by Gasteiger charge is -2.32. The first-order valence-electron chi connectivity index (χ1n) is 6.35. The molecular weight excluding hydrogens is 212 g/mol. The van der Waals surface area contributed by atoms with Gasteiger partial charge in [0.2, 0.25) is 0 Å².